The number of benzene rings is 2. The number of carbonyl (C=O) groups is 1. The van der Waals surface area contributed by atoms with E-state index in [-0.39, 0.29) is 19.0 Å². The van der Waals surface area contributed by atoms with Crippen LogP contribution in [0.15, 0.2) is 36.4 Å². The van der Waals surface area contributed by atoms with Gasteiger partial charge in [0.2, 0.25) is 0 Å². The molecule has 0 aliphatic rings. The van der Waals surface area contributed by atoms with Gasteiger partial charge in [0.05, 0.1) is 33.0 Å². The molecule has 0 aliphatic carbocycles. The van der Waals surface area contributed by atoms with E-state index < -0.39 is 12.0 Å². The summed E-state index contributed by atoms with van der Waals surface area (Å²) in [6, 6.07) is 10.5. The summed E-state index contributed by atoms with van der Waals surface area (Å²) in [4.78, 5) is 11.7. The molecule has 0 fully saturated rings. The van der Waals surface area contributed by atoms with Crippen LogP contribution in [0.2, 0.25) is 0 Å². The van der Waals surface area contributed by atoms with Gasteiger partial charge >= 0.3 is 5.97 Å². The predicted octanol–water partition coefficient (Wildman–Crippen LogP) is 2.72. The molecule has 2 aromatic carbocycles. The largest absolute Gasteiger partial charge is 0.496 e. The normalized spacial score (nSPS) is 11.3. The molecule has 7 heteroatoms. The Morgan fingerprint density at radius 2 is 1.63 bits per heavy atom. The van der Waals surface area contributed by atoms with Crippen molar-refractivity contribution >= 4 is 18.4 Å². The van der Waals surface area contributed by atoms with Crippen LogP contribution in [0.3, 0.4) is 0 Å². The highest BCUT2D eigenvalue weighted by atomic mass is 35.5. The van der Waals surface area contributed by atoms with Gasteiger partial charge in [-0.3, -0.25) is 4.79 Å². The predicted molar refractivity (Wildman–Crippen MR) is 106 cm³/mol. The molecule has 6 nitrogen and oxygen atoms in total. The van der Waals surface area contributed by atoms with E-state index in [1.807, 2.05) is 24.3 Å². The van der Waals surface area contributed by atoms with Crippen molar-refractivity contribution < 1.29 is 24.1 Å². The van der Waals surface area contributed by atoms with Crippen molar-refractivity contribution in [2.24, 2.45) is 5.73 Å². The molecule has 27 heavy (non-hydrogen) atoms. The highest BCUT2D eigenvalue weighted by Crippen LogP contribution is 2.39. The SMILES string of the molecule is CCOC(=O)C(N)Cc1ccc(-c2c(OC)cc(CO)cc2OC)cc1.Cl. The van der Waals surface area contributed by atoms with Gasteiger partial charge < -0.3 is 25.1 Å². The Balaban J connectivity index is 0.00000364. The van der Waals surface area contributed by atoms with Gasteiger partial charge in [-0.15, -0.1) is 12.4 Å². The lowest BCUT2D eigenvalue weighted by atomic mass is 9.98. The minimum Gasteiger partial charge on any atom is -0.496 e. The van der Waals surface area contributed by atoms with Gasteiger partial charge in [-0.1, -0.05) is 24.3 Å². The van der Waals surface area contributed by atoms with Gasteiger partial charge in [0.15, 0.2) is 0 Å². The van der Waals surface area contributed by atoms with E-state index in [2.05, 4.69) is 0 Å². The smallest absolute Gasteiger partial charge is 0.323 e. The molecule has 0 aliphatic heterocycles. The Morgan fingerprint density at radius 3 is 2.07 bits per heavy atom. The Kier molecular flexibility index (Phi) is 9.08. The van der Waals surface area contributed by atoms with Gasteiger partial charge in [0.25, 0.3) is 0 Å². The van der Waals surface area contributed by atoms with Gasteiger partial charge in [0, 0.05) is 0 Å². The summed E-state index contributed by atoms with van der Waals surface area (Å²) in [5, 5.41) is 9.38. The first-order valence-electron chi connectivity index (χ1n) is 8.41. The maximum absolute atomic E-state index is 11.7. The zero-order valence-corrected chi connectivity index (χ0v) is 16.5. The fourth-order valence-electron chi connectivity index (χ4n) is 2.74. The zero-order chi connectivity index (χ0) is 19.1. The molecule has 0 radical (unpaired) electrons. The highest BCUT2D eigenvalue weighted by molar-refractivity contribution is 5.85. The molecule has 1 atom stereocenters. The molecule has 2 aromatic rings. The Labute approximate surface area is 165 Å². The van der Waals surface area contributed by atoms with Gasteiger partial charge in [-0.05, 0) is 42.2 Å². The number of hydrogen-bond acceptors (Lipinski definition) is 6. The van der Waals surface area contributed by atoms with E-state index in [4.69, 9.17) is 19.9 Å². The zero-order valence-electron chi connectivity index (χ0n) is 15.7. The molecular weight excluding hydrogens is 370 g/mol. The molecule has 1 unspecified atom stereocenters. The molecule has 148 valence electrons. The van der Waals surface area contributed by atoms with E-state index in [1.54, 1.807) is 33.3 Å². The van der Waals surface area contributed by atoms with E-state index in [0.29, 0.717) is 30.1 Å². The van der Waals surface area contributed by atoms with Crippen molar-refractivity contribution in [3.8, 4) is 22.6 Å². The van der Waals surface area contributed by atoms with Crippen molar-refractivity contribution in [2.45, 2.75) is 26.0 Å². The summed E-state index contributed by atoms with van der Waals surface area (Å²) in [5.41, 5.74) is 9.21. The quantitative estimate of drug-likeness (QED) is 0.668. The average Bonchev–Trinajstić information content (AvgIpc) is 2.67. The summed E-state index contributed by atoms with van der Waals surface area (Å²) >= 11 is 0. The maximum Gasteiger partial charge on any atom is 0.323 e. The molecule has 0 saturated heterocycles. The molecule has 0 spiro atoms. The van der Waals surface area contributed by atoms with Crippen LogP contribution in [0.1, 0.15) is 18.1 Å². The molecule has 0 aromatic heterocycles. The number of nitrogens with two attached hydrogens (primary N) is 1. The Morgan fingerprint density at radius 1 is 1.07 bits per heavy atom. The standard InChI is InChI=1S/C20H25NO5.ClH/c1-4-26-20(23)16(21)9-13-5-7-15(8-6-13)19-17(24-2)10-14(12-22)11-18(19)25-3;/h5-8,10-11,16,22H,4,9,12,21H2,1-3H3;1H. The summed E-state index contributed by atoms with van der Waals surface area (Å²) < 4.78 is 15.9. The molecule has 3 N–H and O–H groups in total. The lowest BCUT2D eigenvalue weighted by molar-refractivity contribution is -0.144. The van der Waals surface area contributed by atoms with Gasteiger partial charge in [0.1, 0.15) is 17.5 Å². The van der Waals surface area contributed by atoms with Crippen molar-refractivity contribution in [3.63, 3.8) is 0 Å². The summed E-state index contributed by atoms with van der Waals surface area (Å²) in [6.07, 6.45) is 0.400. The number of halogens is 1. The van der Waals surface area contributed by atoms with Crippen LogP contribution in [0, 0.1) is 0 Å². The topological polar surface area (TPSA) is 91.0 Å². The van der Waals surface area contributed by atoms with Gasteiger partial charge in [-0.2, -0.15) is 0 Å². The molecule has 0 bridgehead atoms. The number of aliphatic hydroxyl groups excluding tert-OH is 1. The van der Waals surface area contributed by atoms with Crippen LogP contribution in [-0.4, -0.2) is 37.9 Å². The number of methoxy groups -OCH3 is 2. The third-order valence-corrected chi connectivity index (χ3v) is 4.04. The van der Waals surface area contributed by atoms with Crippen molar-refractivity contribution in [2.75, 3.05) is 20.8 Å². The number of aliphatic hydroxyl groups is 1. The fraction of sp³-hybridized carbons (Fsp3) is 0.350. The van der Waals surface area contributed by atoms with Crippen molar-refractivity contribution in [3.05, 3.63) is 47.5 Å². The fourth-order valence-corrected chi connectivity index (χ4v) is 2.74. The molecule has 0 saturated carbocycles. The number of rotatable bonds is 8. The second kappa shape index (κ2) is 10.8. The molecular formula is C20H26ClNO5. The molecule has 0 heterocycles. The first-order valence-corrected chi connectivity index (χ1v) is 8.41. The summed E-state index contributed by atoms with van der Waals surface area (Å²) in [6.45, 7) is 1.97. The molecule has 0 amide bonds. The second-order valence-electron chi connectivity index (χ2n) is 5.79. The van der Waals surface area contributed by atoms with E-state index in [9.17, 15) is 9.90 Å². The lowest BCUT2D eigenvalue weighted by Crippen LogP contribution is -2.34. The van der Waals surface area contributed by atoms with E-state index >= 15 is 0 Å². The lowest BCUT2D eigenvalue weighted by Gasteiger charge is -2.16. The van der Waals surface area contributed by atoms with Crippen LogP contribution in [0.4, 0.5) is 0 Å². The number of ether oxygens (including phenoxy) is 3. The maximum atomic E-state index is 11.7. The van der Waals surface area contributed by atoms with Crippen LogP contribution in [0.5, 0.6) is 11.5 Å². The van der Waals surface area contributed by atoms with Crippen LogP contribution < -0.4 is 15.2 Å². The van der Waals surface area contributed by atoms with E-state index in [1.165, 1.54) is 0 Å². The third-order valence-electron chi connectivity index (χ3n) is 4.04. The Bertz CT molecular complexity index is 724. The second-order valence-corrected chi connectivity index (χ2v) is 5.79. The number of carbonyl (C=O) groups excluding carboxylic acids is 1. The summed E-state index contributed by atoms with van der Waals surface area (Å²) in [7, 11) is 3.15. The Hall–Kier alpha value is -2.28. The minimum atomic E-state index is -0.686. The third kappa shape index (κ3) is 5.60. The first-order chi connectivity index (χ1) is 12.5. The number of esters is 1. The van der Waals surface area contributed by atoms with Crippen molar-refractivity contribution in [1.82, 2.24) is 0 Å². The van der Waals surface area contributed by atoms with Crippen LogP contribution in [0.25, 0.3) is 11.1 Å². The monoisotopic (exact) mass is 395 g/mol. The molecule has 2 rings (SSSR count). The van der Waals surface area contributed by atoms with Crippen molar-refractivity contribution in [1.29, 1.82) is 0 Å². The average molecular weight is 396 g/mol. The first kappa shape index (κ1) is 22.8. The minimum absolute atomic E-state index is 0. The summed E-state index contributed by atoms with van der Waals surface area (Å²) in [5.74, 6) is 0.827. The van der Waals surface area contributed by atoms with Gasteiger partial charge in [-0.25, -0.2) is 0 Å². The highest BCUT2D eigenvalue weighted by Gasteiger charge is 2.17. The van der Waals surface area contributed by atoms with E-state index in [0.717, 1.165) is 16.7 Å². The van der Waals surface area contributed by atoms with Crippen LogP contribution >= 0.6 is 12.4 Å². The van der Waals surface area contributed by atoms with Crippen LogP contribution in [-0.2, 0) is 22.6 Å². The number of hydrogen-bond donors (Lipinski definition) is 2.